The molecule has 1 aliphatic rings. The average molecular weight is 307 g/mol. The summed E-state index contributed by atoms with van der Waals surface area (Å²) in [6.45, 7) is 3.25. The average Bonchev–Trinajstić information content (AvgIpc) is 2.62. The first-order valence-corrected chi connectivity index (χ1v) is 8.10. The van der Waals surface area contributed by atoms with Crippen LogP contribution >= 0.6 is 0 Å². The maximum atomic E-state index is 12.6. The van der Waals surface area contributed by atoms with E-state index in [2.05, 4.69) is 0 Å². The van der Waals surface area contributed by atoms with E-state index in [9.17, 15) is 9.59 Å². The Hall–Kier alpha value is -2.42. The van der Waals surface area contributed by atoms with Crippen LogP contribution in [0.1, 0.15) is 39.1 Å². The Bertz CT molecular complexity index is 691. The zero-order valence-electron chi connectivity index (χ0n) is 13.4. The van der Waals surface area contributed by atoms with Crippen molar-refractivity contribution in [3.63, 3.8) is 0 Å². The molecule has 1 heterocycles. The molecule has 1 atom stereocenters. The maximum Gasteiger partial charge on any atom is 0.253 e. The molecule has 23 heavy (non-hydrogen) atoms. The Morgan fingerprint density at radius 1 is 0.957 bits per heavy atom. The van der Waals surface area contributed by atoms with Crippen LogP contribution in [0, 0.1) is 12.8 Å². The van der Waals surface area contributed by atoms with Crippen molar-refractivity contribution in [3.8, 4) is 0 Å². The number of aryl methyl sites for hydroxylation is 1. The minimum Gasteiger partial charge on any atom is -0.338 e. The second-order valence-corrected chi connectivity index (χ2v) is 6.19. The summed E-state index contributed by atoms with van der Waals surface area (Å²) in [4.78, 5) is 27.1. The number of piperidine rings is 1. The van der Waals surface area contributed by atoms with Crippen molar-refractivity contribution in [2.45, 2.75) is 19.8 Å². The quantitative estimate of drug-likeness (QED) is 0.810. The van der Waals surface area contributed by atoms with E-state index < -0.39 is 0 Å². The topological polar surface area (TPSA) is 37.4 Å². The van der Waals surface area contributed by atoms with Crippen LogP contribution in [0.3, 0.4) is 0 Å². The summed E-state index contributed by atoms with van der Waals surface area (Å²) in [5.74, 6) is 0.0723. The normalized spacial score (nSPS) is 17.8. The molecule has 1 aliphatic heterocycles. The van der Waals surface area contributed by atoms with Crippen molar-refractivity contribution >= 4 is 11.7 Å². The minimum atomic E-state index is -0.0967. The Kier molecular flexibility index (Phi) is 4.56. The van der Waals surface area contributed by atoms with E-state index in [0.29, 0.717) is 12.1 Å². The van der Waals surface area contributed by atoms with Crippen molar-refractivity contribution in [2.75, 3.05) is 13.1 Å². The molecule has 0 radical (unpaired) electrons. The van der Waals surface area contributed by atoms with Gasteiger partial charge in [-0.15, -0.1) is 0 Å². The van der Waals surface area contributed by atoms with Gasteiger partial charge in [-0.25, -0.2) is 0 Å². The van der Waals surface area contributed by atoms with Gasteiger partial charge in [-0.1, -0.05) is 48.0 Å². The van der Waals surface area contributed by atoms with Gasteiger partial charge in [0.25, 0.3) is 5.91 Å². The van der Waals surface area contributed by atoms with Crippen molar-refractivity contribution in [1.82, 2.24) is 4.90 Å². The van der Waals surface area contributed by atoms with Crippen molar-refractivity contribution in [2.24, 2.45) is 5.92 Å². The second kappa shape index (κ2) is 6.78. The number of Topliss-reactive ketones (excluding diaryl/α,β-unsaturated/α-hetero) is 1. The summed E-state index contributed by atoms with van der Waals surface area (Å²) in [7, 11) is 0. The van der Waals surface area contributed by atoms with E-state index in [1.165, 1.54) is 0 Å². The summed E-state index contributed by atoms with van der Waals surface area (Å²) >= 11 is 0. The van der Waals surface area contributed by atoms with Crippen LogP contribution in [0.5, 0.6) is 0 Å². The standard InChI is InChI=1S/C20H21NO2/c1-15-9-11-17(12-10-15)20(23)21-13-5-8-18(14-21)19(22)16-6-3-2-4-7-16/h2-4,6-7,9-12,18H,5,8,13-14H2,1H3. The first-order chi connectivity index (χ1) is 11.1. The molecule has 1 fully saturated rings. The van der Waals surface area contributed by atoms with Gasteiger partial charge >= 0.3 is 0 Å². The SMILES string of the molecule is Cc1ccc(C(=O)N2CCCC(C(=O)c3ccccc3)C2)cc1. The monoisotopic (exact) mass is 307 g/mol. The lowest BCUT2D eigenvalue weighted by atomic mass is 9.89. The van der Waals surface area contributed by atoms with E-state index in [0.717, 1.165) is 30.5 Å². The Labute approximate surface area is 136 Å². The largest absolute Gasteiger partial charge is 0.338 e. The zero-order chi connectivity index (χ0) is 16.2. The fraction of sp³-hybridized carbons (Fsp3) is 0.300. The summed E-state index contributed by atoms with van der Waals surface area (Å²) in [5, 5.41) is 0. The highest BCUT2D eigenvalue weighted by molar-refractivity contribution is 5.99. The van der Waals surface area contributed by atoms with Gasteiger partial charge in [0.15, 0.2) is 5.78 Å². The number of benzene rings is 2. The van der Waals surface area contributed by atoms with Crippen LogP contribution in [-0.2, 0) is 0 Å². The highest BCUT2D eigenvalue weighted by atomic mass is 16.2. The molecule has 0 spiro atoms. The number of carbonyl (C=O) groups is 2. The molecule has 118 valence electrons. The van der Waals surface area contributed by atoms with Gasteiger partial charge in [-0.2, -0.15) is 0 Å². The number of amides is 1. The van der Waals surface area contributed by atoms with Crippen molar-refractivity contribution in [1.29, 1.82) is 0 Å². The molecule has 0 bridgehead atoms. The van der Waals surface area contributed by atoms with Crippen LogP contribution in [-0.4, -0.2) is 29.7 Å². The van der Waals surface area contributed by atoms with Gasteiger partial charge in [0, 0.05) is 30.1 Å². The van der Waals surface area contributed by atoms with Crippen LogP contribution in [0.15, 0.2) is 54.6 Å². The fourth-order valence-electron chi connectivity index (χ4n) is 3.09. The number of ketones is 1. The molecular formula is C20H21NO2. The molecule has 0 aliphatic carbocycles. The molecule has 3 heteroatoms. The summed E-state index contributed by atoms with van der Waals surface area (Å²) in [6, 6.07) is 17.0. The number of carbonyl (C=O) groups excluding carboxylic acids is 2. The number of rotatable bonds is 3. The summed E-state index contributed by atoms with van der Waals surface area (Å²) in [5.41, 5.74) is 2.57. The van der Waals surface area contributed by atoms with Gasteiger partial charge in [-0.05, 0) is 31.9 Å². The second-order valence-electron chi connectivity index (χ2n) is 6.19. The molecule has 2 aromatic carbocycles. The molecule has 0 aromatic heterocycles. The summed E-state index contributed by atoms with van der Waals surface area (Å²) in [6.07, 6.45) is 1.73. The van der Waals surface area contributed by atoms with E-state index in [1.54, 1.807) is 0 Å². The van der Waals surface area contributed by atoms with E-state index >= 15 is 0 Å². The minimum absolute atomic E-state index is 0.0237. The van der Waals surface area contributed by atoms with Gasteiger partial charge in [0.05, 0.1) is 0 Å². The third-order valence-corrected chi connectivity index (χ3v) is 4.44. The molecular weight excluding hydrogens is 286 g/mol. The number of nitrogens with zero attached hydrogens (tertiary/aromatic N) is 1. The third kappa shape index (κ3) is 3.50. The molecule has 1 saturated heterocycles. The smallest absolute Gasteiger partial charge is 0.253 e. The molecule has 3 rings (SSSR count). The predicted octanol–water partition coefficient (Wildman–Crippen LogP) is 3.73. The van der Waals surface area contributed by atoms with Crippen LogP contribution in [0.25, 0.3) is 0 Å². The highest BCUT2D eigenvalue weighted by Gasteiger charge is 2.29. The Morgan fingerprint density at radius 2 is 1.65 bits per heavy atom. The Morgan fingerprint density at radius 3 is 2.35 bits per heavy atom. The lowest BCUT2D eigenvalue weighted by Crippen LogP contribution is -2.42. The number of hydrogen-bond acceptors (Lipinski definition) is 2. The predicted molar refractivity (Wildman–Crippen MR) is 90.6 cm³/mol. The van der Waals surface area contributed by atoms with E-state index in [-0.39, 0.29) is 17.6 Å². The van der Waals surface area contributed by atoms with Gasteiger partial charge in [0.1, 0.15) is 0 Å². The first-order valence-electron chi connectivity index (χ1n) is 8.10. The molecule has 1 amide bonds. The lowest BCUT2D eigenvalue weighted by Gasteiger charge is -2.32. The van der Waals surface area contributed by atoms with Crippen LogP contribution in [0.4, 0.5) is 0 Å². The third-order valence-electron chi connectivity index (χ3n) is 4.44. The molecule has 0 saturated carbocycles. The lowest BCUT2D eigenvalue weighted by molar-refractivity contribution is 0.0637. The maximum absolute atomic E-state index is 12.6. The van der Waals surface area contributed by atoms with Gasteiger partial charge in [0.2, 0.25) is 0 Å². The van der Waals surface area contributed by atoms with E-state index in [4.69, 9.17) is 0 Å². The first kappa shape index (κ1) is 15.5. The van der Waals surface area contributed by atoms with Crippen molar-refractivity contribution in [3.05, 3.63) is 71.3 Å². The van der Waals surface area contributed by atoms with Gasteiger partial charge in [-0.3, -0.25) is 9.59 Å². The molecule has 2 aromatic rings. The summed E-state index contributed by atoms with van der Waals surface area (Å²) < 4.78 is 0. The molecule has 0 N–H and O–H groups in total. The molecule has 3 nitrogen and oxygen atoms in total. The molecule has 1 unspecified atom stereocenters. The van der Waals surface area contributed by atoms with E-state index in [1.807, 2.05) is 66.4 Å². The zero-order valence-corrected chi connectivity index (χ0v) is 13.4. The number of likely N-dealkylation sites (tertiary alicyclic amines) is 1. The van der Waals surface area contributed by atoms with Crippen molar-refractivity contribution < 1.29 is 9.59 Å². The fourth-order valence-corrected chi connectivity index (χ4v) is 3.09. The number of hydrogen-bond donors (Lipinski definition) is 0. The van der Waals surface area contributed by atoms with Crippen LogP contribution in [0.2, 0.25) is 0 Å². The highest BCUT2D eigenvalue weighted by Crippen LogP contribution is 2.22. The Balaban J connectivity index is 1.72. The van der Waals surface area contributed by atoms with Gasteiger partial charge < -0.3 is 4.90 Å². The van der Waals surface area contributed by atoms with Crippen LogP contribution < -0.4 is 0 Å².